The summed E-state index contributed by atoms with van der Waals surface area (Å²) in [4.78, 5) is 33.1. The predicted octanol–water partition coefficient (Wildman–Crippen LogP) is 6.76. The van der Waals surface area contributed by atoms with Crippen LogP contribution in [0.15, 0.2) is 29.5 Å². The van der Waals surface area contributed by atoms with Crippen molar-refractivity contribution in [3.8, 4) is 10.6 Å². The van der Waals surface area contributed by atoms with Crippen LogP contribution in [-0.4, -0.2) is 38.4 Å². The molecule has 1 aromatic carbocycles. The Hall–Kier alpha value is -4.03. The first-order valence-electron chi connectivity index (χ1n) is 12.3. The second-order valence-electron chi connectivity index (χ2n) is 10.2. The molecule has 206 valence electrons. The molecule has 1 saturated carbocycles. The van der Waals surface area contributed by atoms with E-state index in [-0.39, 0.29) is 27.7 Å². The third kappa shape index (κ3) is 6.52. The molecule has 0 spiro atoms. The van der Waals surface area contributed by atoms with Gasteiger partial charge in [0.05, 0.1) is 23.1 Å². The van der Waals surface area contributed by atoms with Gasteiger partial charge in [-0.3, -0.25) is 14.8 Å². The van der Waals surface area contributed by atoms with Crippen molar-refractivity contribution in [1.82, 2.24) is 14.8 Å². The highest BCUT2D eigenvalue weighted by Gasteiger charge is 2.29. The van der Waals surface area contributed by atoms with Crippen molar-refractivity contribution in [3.05, 3.63) is 57.9 Å². The molecule has 2 N–H and O–H groups in total. The van der Waals surface area contributed by atoms with Gasteiger partial charge in [-0.15, -0.1) is 0 Å². The number of carbonyl (C=O) groups is 2. The van der Waals surface area contributed by atoms with Gasteiger partial charge in [0.15, 0.2) is 5.69 Å². The van der Waals surface area contributed by atoms with Crippen LogP contribution in [0.25, 0.3) is 21.0 Å². The lowest BCUT2D eigenvalue weighted by molar-refractivity contribution is 0.0636. The summed E-state index contributed by atoms with van der Waals surface area (Å²) >= 11 is 0.752. The van der Waals surface area contributed by atoms with Crippen molar-refractivity contribution in [3.63, 3.8) is 0 Å². The number of ether oxygens (including phenoxy) is 1. The van der Waals surface area contributed by atoms with E-state index in [2.05, 4.69) is 30.7 Å². The van der Waals surface area contributed by atoms with E-state index >= 15 is 0 Å². The van der Waals surface area contributed by atoms with E-state index < -0.39 is 34.8 Å². The van der Waals surface area contributed by atoms with E-state index in [0.29, 0.717) is 18.5 Å². The highest BCUT2D eigenvalue weighted by Crippen LogP contribution is 2.39. The maximum Gasteiger partial charge on any atom is 0.412 e. The van der Waals surface area contributed by atoms with Crippen molar-refractivity contribution >= 4 is 34.0 Å². The number of benzene rings is 1. The number of aromatic nitrogens is 3. The normalized spacial score (nSPS) is 17.3. The summed E-state index contributed by atoms with van der Waals surface area (Å²) in [5, 5.41) is 13.2. The standard InChI is InChI=1S/C25H28F2N8O3S/c1-25(2,3)38-24(37)32-23-19(31-22(39-23)18-15(26)6-5-7-16(18)27)21(36)30-17-12-29-35(4)20(17)13-8-10-14(11-9-13)33-34-28/h5-7,12-14H,8-11H2,1-4H3,(H,30,36)(H,32,37). The van der Waals surface area contributed by atoms with E-state index in [1.54, 1.807) is 32.5 Å². The Morgan fingerprint density at radius 1 is 1.18 bits per heavy atom. The Balaban J connectivity index is 1.64. The summed E-state index contributed by atoms with van der Waals surface area (Å²) in [6.45, 7) is 5.03. The van der Waals surface area contributed by atoms with Crippen molar-refractivity contribution < 1.29 is 23.1 Å². The zero-order valence-corrected chi connectivity index (χ0v) is 22.7. The number of carbonyl (C=O) groups excluding carboxylic acids is 2. The van der Waals surface area contributed by atoms with E-state index in [9.17, 15) is 18.4 Å². The molecule has 1 aliphatic rings. The maximum atomic E-state index is 14.5. The summed E-state index contributed by atoms with van der Waals surface area (Å²) < 4.78 is 36.0. The van der Waals surface area contributed by atoms with Crippen LogP contribution >= 0.6 is 11.3 Å². The fraction of sp³-hybridized carbons (Fsp3) is 0.440. The highest BCUT2D eigenvalue weighted by molar-refractivity contribution is 7.19. The van der Waals surface area contributed by atoms with Gasteiger partial charge in [-0.25, -0.2) is 18.6 Å². The van der Waals surface area contributed by atoms with Gasteiger partial charge in [0.2, 0.25) is 0 Å². The lowest BCUT2D eigenvalue weighted by Crippen LogP contribution is -2.27. The summed E-state index contributed by atoms with van der Waals surface area (Å²) in [7, 11) is 1.77. The molecule has 0 atom stereocenters. The lowest BCUT2D eigenvalue weighted by atomic mass is 9.84. The minimum absolute atomic E-state index is 0.0280. The molecule has 0 radical (unpaired) electrons. The lowest BCUT2D eigenvalue weighted by Gasteiger charge is -2.26. The highest BCUT2D eigenvalue weighted by atomic mass is 32.1. The number of thiazole rings is 1. The zero-order chi connectivity index (χ0) is 28.3. The number of aryl methyl sites for hydroxylation is 1. The average Bonchev–Trinajstić information content (AvgIpc) is 3.41. The van der Waals surface area contributed by atoms with Crippen LogP contribution in [0.3, 0.4) is 0 Å². The smallest absolute Gasteiger partial charge is 0.412 e. The van der Waals surface area contributed by atoms with Gasteiger partial charge >= 0.3 is 6.09 Å². The van der Waals surface area contributed by atoms with Crippen molar-refractivity contribution in [2.24, 2.45) is 12.2 Å². The number of rotatable bonds is 6. The van der Waals surface area contributed by atoms with Gasteiger partial charge in [-0.2, -0.15) is 5.10 Å². The molecule has 2 heterocycles. The molecule has 0 unspecified atom stereocenters. The average molecular weight is 559 g/mol. The van der Waals surface area contributed by atoms with Crippen LogP contribution in [0.2, 0.25) is 0 Å². The van der Waals surface area contributed by atoms with Gasteiger partial charge in [0.25, 0.3) is 5.91 Å². The first-order valence-corrected chi connectivity index (χ1v) is 13.1. The number of azide groups is 1. The van der Waals surface area contributed by atoms with Crippen LogP contribution in [0.1, 0.15) is 68.6 Å². The van der Waals surface area contributed by atoms with E-state index in [4.69, 9.17) is 10.3 Å². The summed E-state index contributed by atoms with van der Waals surface area (Å²) in [6.07, 6.45) is 3.56. The predicted molar refractivity (Wildman–Crippen MR) is 143 cm³/mol. The molecule has 0 saturated heterocycles. The summed E-state index contributed by atoms with van der Waals surface area (Å²) in [5.41, 5.74) is 8.50. The van der Waals surface area contributed by atoms with E-state index in [0.717, 1.165) is 42.0 Å². The van der Waals surface area contributed by atoms with E-state index in [1.165, 1.54) is 12.3 Å². The molecule has 2 amide bonds. The van der Waals surface area contributed by atoms with Crippen molar-refractivity contribution in [2.45, 2.75) is 64.0 Å². The number of anilines is 2. The van der Waals surface area contributed by atoms with Gasteiger partial charge in [0, 0.05) is 23.9 Å². The number of amides is 2. The molecule has 11 nitrogen and oxygen atoms in total. The second-order valence-corrected chi connectivity index (χ2v) is 11.2. The first kappa shape index (κ1) is 28.0. The monoisotopic (exact) mass is 558 g/mol. The van der Waals surface area contributed by atoms with Crippen LogP contribution < -0.4 is 10.6 Å². The summed E-state index contributed by atoms with van der Waals surface area (Å²) in [6, 6.07) is 3.32. The molecule has 2 aromatic heterocycles. The third-order valence-electron chi connectivity index (χ3n) is 6.16. The second kappa shape index (κ2) is 11.4. The van der Waals surface area contributed by atoms with Crippen LogP contribution in [0, 0.1) is 11.6 Å². The van der Waals surface area contributed by atoms with Gasteiger partial charge < -0.3 is 10.1 Å². The minimum Gasteiger partial charge on any atom is -0.444 e. The Morgan fingerprint density at radius 2 is 1.85 bits per heavy atom. The number of hydrogen-bond acceptors (Lipinski definition) is 7. The number of nitrogens with zero attached hydrogens (tertiary/aromatic N) is 6. The van der Waals surface area contributed by atoms with Crippen LogP contribution in [0.5, 0.6) is 0 Å². The van der Waals surface area contributed by atoms with Crippen molar-refractivity contribution in [2.75, 3.05) is 10.6 Å². The minimum atomic E-state index is -0.856. The topological polar surface area (TPSA) is 147 Å². The Bertz CT molecular complexity index is 1410. The molecular formula is C25H28F2N8O3S. The molecule has 3 aromatic rings. The van der Waals surface area contributed by atoms with Gasteiger partial charge in [-0.05, 0) is 64.1 Å². The number of hydrogen-bond donors (Lipinski definition) is 2. The van der Waals surface area contributed by atoms with E-state index in [1.807, 2.05) is 0 Å². The Morgan fingerprint density at radius 3 is 2.46 bits per heavy atom. The maximum absolute atomic E-state index is 14.5. The fourth-order valence-corrected chi connectivity index (χ4v) is 5.51. The molecule has 4 rings (SSSR count). The number of nitrogens with one attached hydrogen (secondary N) is 2. The molecule has 1 aliphatic carbocycles. The molecule has 14 heteroatoms. The van der Waals surface area contributed by atoms with Gasteiger partial charge in [0.1, 0.15) is 27.2 Å². The SMILES string of the molecule is Cn1ncc(NC(=O)c2nc(-c3c(F)cccc3F)sc2NC(=O)OC(C)(C)C)c1C1CCC(N=[N+]=[N-])CC1. The Kier molecular flexibility index (Phi) is 8.17. The summed E-state index contributed by atoms with van der Waals surface area (Å²) in [5.74, 6) is -2.34. The van der Waals surface area contributed by atoms with Crippen molar-refractivity contribution in [1.29, 1.82) is 0 Å². The number of halogens is 2. The zero-order valence-electron chi connectivity index (χ0n) is 21.9. The Labute approximate surface area is 227 Å². The van der Waals surface area contributed by atoms with Gasteiger partial charge in [-0.1, -0.05) is 22.5 Å². The molecule has 39 heavy (non-hydrogen) atoms. The largest absolute Gasteiger partial charge is 0.444 e. The van der Waals surface area contributed by atoms with Crippen LogP contribution in [-0.2, 0) is 11.8 Å². The molecule has 1 fully saturated rings. The third-order valence-corrected chi connectivity index (χ3v) is 7.15. The quantitative estimate of drug-likeness (QED) is 0.195. The fourth-order valence-electron chi connectivity index (χ4n) is 4.51. The molecular weight excluding hydrogens is 530 g/mol. The molecule has 0 bridgehead atoms. The molecule has 0 aliphatic heterocycles. The first-order chi connectivity index (χ1) is 18.5. The van der Waals surface area contributed by atoms with Crippen LogP contribution in [0.4, 0.5) is 24.3 Å².